The van der Waals surface area contributed by atoms with Crippen LogP contribution in [0.3, 0.4) is 0 Å². The number of aliphatic carboxylic acids is 1. The molecule has 0 aliphatic carbocycles. The molecule has 1 fully saturated rings. The molecule has 0 amide bonds. The van der Waals surface area contributed by atoms with Gasteiger partial charge in [0.15, 0.2) is 0 Å². The van der Waals surface area contributed by atoms with Gasteiger partial charge in [-0.15, -0.1) is 0 Å². The number of thioether (sulfide) groups is 1. The predicted molar refractivity (Wildman–Crippen MR) is 48.5 cm³/mol. The molecule has 1 N–H and O–H groups in total. The zero-order valence-corrected chi connectivity index (χ0v) is 7.76. The van der Waals surface area contributed by atoms with Crippen molar-refractivity contribution in [3.05, 3.63) is 11.6 Å². The second-order valence-corrected chi connectivity index (χ2v) is 3.79. The summed E-state index contributed by atoms with van der Waals surface area (Å²) in [5.41, 5.74) is 0.363. The normalized spacial score (nSPS) is 25.4. The minimum Gasteiger partial charge on any atom is -0.478 e. The molecule has 4 heteroatoms. The van der Waals surface area contributed by atoms with E-state index >= 15 is 0 Å². The molecule has 0 radical (unpaired) electrons. The first kappa shape index (κ1) is 9.61. The molecule has 0 aromatic heterocycles. The second kappa shape index (κ2) is 4.52. The van der Waals surface area contributed by atoms with Crippen LogP contribution < -0.4 is 0 Å². The largest absolute Gasteiger partial charge is 0.478 e. The summed E-state index contributed by atoms with van der Waals surface area (Å²) in [7, 11) is 0. The van der Waals surface area contributed by atoms with Gasteiger partial charge >= 0.3 is 5.97 Å². The highest BCUT2D eigenvalue weighted by Crippen LogP contribution is 2.14. The molecule has 12 heavy (non-hydrogen) atoms. The summed E-state index contributed by atoms with van der Waals surface area (Å²) in [4.78, 5) is 10.4. The lowest BCUT2D eigenvalue weighted by atomic mass is 10.2. The third-order valence-electron chi connectivity index (χ3n) is 1.61. The Morgan fingerprint density at radius 3 is 3.00 bits per heavy atom. The van der Waals surface area contributed by atoms with Crippen LogP contribution >= 0.6 is 11.8 Å². The third kappa shape index (κ3) is 2.87. The van der Waals surface area contributed by atoms with Gasteiger partial charge < -0.3 is 9.84 Å². The van der Waals surface area contributed by atoms with Gasteiger partial charge in [-0.1, -0.05) is 0 Å². The van der Waals surface area contributed by atoms with Gasteiger partial charge in [0.2, 0.25) is 0 Å². The Morgan fingerprint density at radius 2 is 2.50 bits per heavy atom. The van der Waals surface area contributed by atoms with Crippen molar-refractivity contribution in [3.63, 3.8) is 0 Å². The number of ether oxygens (including phenoxy) is 1. The summed E-state index contributed by atoms with van der Waals surface area (Å²) in [6, 6.07) is 0. The van der Waals surface area contributed by atoms with E-state index in [1.165, 1.54) is 0 Å². The van der Waals surface area contributed by atoms with Crippen molar-refractivity contribution in [2.24, 2.45) is 0 Å². The molecule has 1 heterocycles. The van der Waals surface area contributed by atoms with Crippen LogP contribution in [0.4, 0.5) is 0 Å². The number of rotatable bonds is 2. The van der Waals surface area contributed by atoms with Crippen LogP contribution in [-0.4, -0.2) is 35.3 Å². The molecule has 1 rings (SSSR count). The average Bonchev–Trinajstić information content (AvgIpc) is 2.06. The average molecular weight is 188 g/mol. The third-order valence-corrected chi connectivity index (χ3v) is 2.63. The molecule has 1 aliphatic heterocycles. The van der Waals surface area contributed by atoms with Crippen LogP contribution in [0.1, 0.15) is 6.92 Å². The first-order valence-corrected chi connectivity index (χ1v) is 4.96. The second-order valence-electron chi connectivity index (χ2n) is 2.64. The lowest BCUT2D eigenvalue weighted by Gasteiger charge is -2.19. The Bertz CT molecular complexity index is 194. The van der Waals surface area contributed by atoms with E-state index in [-0.39, 0.29) is 6.10 Å². The van der Waals surface area contributed by atoms with Crippen LogP contribution in [0.25, 0.3) is 0 Å². The van der Waals surface area contributed by atoms with Crippen molar-refractivity contribution in [2.75, 3.05) is 18.1 Å². The topological polar surface area (TPSA) is 46.5 Å². The molecule has 0 bridgehead atoms. The summed E-state index contributed by atoms with van der Waals surface area (Å²) in [5, 5.41) is 8.58. The number of carbonyl (C=O) groups is 1. The molecule has 0 spiro atoms. The van der Waals surface area contributed by atoms with E-state index in [1.807, 2.05) is 0 Å². The van der Waals surface area contributed by atoms with Crippen LogP contribution in [0.2, 0.25) is 0 Å². The molecule has 1 atom stereocenters. The monoisotopic (exact) mass is 188 g/mol. The van der Waals surface area contributed by atoms with Crippen molar-refractivity contribution in [3.8, 4) is 0 Å². The Labute approximate surface area is 75.8 Å². The van der Waals surface area contributed by atoms with E-state index in [0.717, 1.165) is 18.1 Å². The SMILES string of the molecule is CC(=CC1CSCCO1)C(=O)O. The van der Waals surface area contributed by atoms with E-state index < -0.39 is 5.97 Å². The van der Waals surface area contributed by atoms with Crippen LogP contribution in [0.15, 0.2) is 11.6 Å². The highest BCUT2D eigenvalue weighted by Gasteiger charge is 2.13. The quantitative estimate of drug-likeness (QED) is 0.660. The fraction of sp³-hybridized carbons (Fsp3) is 0.625. The van der Waals surface area contributed by atoms with Crippen molar-refractivity contribution in [1.82, 2.24) is 0 Å². The minimum atomic E-state index is -0.867. The smallest absolute Gasteiger partial charge is 0.331 e. The van der Waals surface area contributed by atoms with Crippen molar-refractivity contribution in [1.29, 1.82) is 0 Å². The molecule has 0 aromatic rings. The molecule has 68 valence electrons. The molecule has 0 aromatic carbocycles. The maximum atomic E-state index is 10.4. The van der Waals surface area contributed by atoms with Gasteiger partial charge in [0.05, 0.1) is 12.7 Å². The van der Waals surface area contributed by atoms with Crippen molar-refractivity contribution < 1.29 is 14.6 Å². The summed E-state index contributed by atoms with van der Waals surface area (Å²) < 4.78 is 5.34. The van der Waals surface area contributed by atoms with Gasteiger partial charge in [0.1, 0.15) is 0 Å². The number of carboxylic acids is 1. The van der Waals surface area contributed by atoms with Gasteiger partial charge in [-0.05, 0) is 13.0 Å². The van der Waals surface area contributed by atoms with Gasteiger partial charge in [0.25, 0.3) is 0 Å². The summed E-state index contributed by atoms with van der Waals surface area (Å²) >= 11 is 1.79. The van der Waals surface area contributed by atoms with Crippen molar-refractivity contribution >= 4 is 17.7 Å². The Hall–Kier alpha value is -0.480. The maximum absolute atomic E-state index is 10.4. The summed E-state index contributed by atoms with van der Waals surface area (Å²) in [6.07, 6.45) is 1.66. The molecule has 1 unspecified atom stereocenters. The standard InChI is InChI=1S/C8H12O3S/c1-6(8(9)10)4-7-5-12-3-2-11-7/h4,7H,2-3,5H2,1H3,(H,9,10). The first-order valence-electron chi connectivity index (χ1n) is 3.81. The van der Waals surface area contributed by atoms with E-state index in [2.05, 4.69) is 0 Å². The molecule has 0 saturated carbocycles. The molecular formula is C8H12O3S. The fourth-order valence-corrected chi connectivity index (χ4v) is 1.76. The predicted octanol–water partition coefficient (Wildman–Crippen LogP) is 1.15. The molecule has 1 aliphatic rings. The zero-order chi connectivity index (χ0) is 8.97. The van der Waals surface area contributed by atoms with E-state index in [9.17, 15) is 4.79 Å². The van der Waals surface area contributed by atoms with Crippen LogP contribution in [0.5, 0.6) is 0 Å². The minimum absolute atomic E-state index is 0.0140. The summed E-state index contributed by atoms with van der Waals surface area (Å²) in [6.45, 7) is 2.31. The van der Waals surface area contributed by atoms with E-state index in [1.54, 1.807) is 24.8 Å². The molecular weight excluding hydrogens is 176 g/mol. The number of hydrogen-bond acceptors (Lipinski definition) is 3. The fourth-order valence-electron chi connectivity index (χ4n) is 0.952. The van der Waals surface area contributed by atoms with Gasteiger partial charge in [-0.25, -0.2) is 4.79 Å². The first-order chi connectivity index (χ1) is 5.70. The van der Waals surface area contributed by atoms with E-state index in [0.29, 0.717) is 5.57 Å². The highest BCUT2D eigenvalue weighted by molar-refractivity contribution is 7.99. The Kier molecular flexibility index (Phi) is 3.62. The number of hydrogen-bond donors (Lipinski definition) is 1. The van der Waals surface area contributed by atoms with Gasteiger partial charge in [0, 0.05) is 17.1 Å². The lowest BCUT2D eigenvalue weighted by Crippen LogP contribution is -2.21. The maximum Gasteiger partial charge on any atom is 0.331 e. The molecule has 3 nitrogen and oxygen atoms in total. The lowest BCUT2D eigenvalue weighted by molar-refractivity contribution is -0.132. The Balaban J connectivity index is 2.47. The zero-order valence-electron chi connectivity index (χ0n) is 6.95. The van der Waals surface area contributed by atoms with Crippen LogP contribution in [0, 0.1) is 0 Å². The van der Waals surface area contributed by atoms with Crippen molar-refractivity contribution in [2.45, 2.75) is 13.0 Å². The summed E-state index contributed by atoms with van der Waals surface area (Å²) in [5.74, 6) is 1.01. The number of carboxylic acid groups (broad SMARTS) is 1. The Morgan fingerprint density at radius 1 is 1.75 bits per heavy atom. The van der Waals surface area contributed by atoms with Crippen LogP contribution in [-0.2, 0) is 9.53 Å². The van der Waals surface area contributed by atoms with Gasteiger partial charge in [-0.2, -0.15) is 11.8 Å². The molecule has 1 saturated heterocycles. The van der Waals surface area contributed by atoms with Gasteiger partial charge in [-0.3, -0.25) is 0 Å². The highest BCUT2D eigenvalue weighted by atomic mass is 32.2. The van der Waals surface area contributed by atoms with E-state index in [4.69, 9.17) is 9.84 Å².